The molecular weight excluding hydrogens is 264 g/mol. The fourth-order valence-electron chi connectivity index (χ4n) is 2.93. The Bertz CT molecular complexity index is 476. The van der Waals surface area contributed by atoms with E-state index in [4.69, 9.17) is 4.74 Å². The number of methoxy groups -OCH3 is 1. The number of anilines is 2. The second-order valence-corrected chi connectivity index (χ2v) is 6.17. The maximum absolute atomic E-state index is 11.5. The van der Waals surface area contributed by atoms with Gasteiger partial charge in [0.15, 0.2) is 0 Å². The predicted molar refractivity (Wildman–Crippen MR) is 86.5 cm³/mol. The summed E-state index contributed by atoms with van der Waals surface area (Å²) in [5.41, 5.74) is 1.87. The van der Waals surface area contributed by atoms with Crippen molar-refractivity contribution < 1.29 is 9.53 Å². The molecule has 1 aliphatic rings. The van der Waals surface area contributed by atoms with Crippen LogP contribution in [0, 0.1) is 11.8 Å². The van der Waals surface area contributed by atoms with E-state index in [1.807, 2.05) is 18.2 Å². The van der Waals surface area contributed by atoms with E-state index < -0.39 is 0 Å². The lowest BCUT2D eigenvalue weighted by molar-refractivity contribution is -0.119. The fraction of sp³-hybridized carbons (Fsp3) is 0.588. The zero-order chi connectivity index (χ0) is 15.2. The summed E-state index contributed by atoms with van der Waals surface area (Å²) in [5.74, 6) is 1.46. The van der Waals surface area contributed by atoms with E-state index in [9.17, 15) is 4.79 Å². The summed E-state index contributed by atoms with van der Waals surface area (Å²) in [6.07, 6.45) is 3.70. The third-order valence-electron chi connectivity index (χ3n) is 4.39. The molecular formula is C17H26N2O2. The zero-order valence-corrected chi connectivity index (χ0v) is 13.2. The number of rotatable bonds is 5. The van der Waals surface area contributed by atoms with Gasteiger partial charge in [-0.05, 0) is 49.3 Å². The van der Waals surface area contributed by atoms with E-state index >= 15 is 0 Å². The van der Waals surface area contributed by atoms with Crippen LogP contribution in [0.25, 0.3) is 0 Å². The number of amides is 1. The number of carbonyl (C=O) groups is 1. The SMILES string of the molecule is COCC(=O)Nc1cccc(NC2CCC(C)C(C)C2)c1. The van der Waals surface area contributed by atoms with E-state index in [0.717, 1.165) is 23.2 Å². The number of hydrogen-bond acceptors (Lipinski definition) is 3. The maximum atomic E-state index is 11.5. The van der Waals surface area contributed by atoms with Crippen LogP contribution < -0.4 is 10.6 Å². The Balaban J connectivity index is 1.93. The molecule has 1 saturated carbocycles. The molecule has 0 aromatic heterocycles. The van der Waals surface area contributed by atoms with Gasteiger partial charge in [0.1, 0.15) is 6.61 Å². The topological polar surface area (TPSA) is 50.4 Å². The zero-order valence-electron chi connectivity index (χ0n) is 13.2. The van der Waals surface area contributed by atoms with Crippen LogP contribution in [0.5, 0.6) is 0 Å². The Labute approximate surface area is 127 Å². The number of hydrogen-bond donors (Lipinski definition) is 2. The van der Waals surface area contributed by atoms with Crippen LogP contribution in [-0.4, -0.2) is 25.7 Å². The van der Waals surface area contributed by atoms with Gasteiger partial charge in [0.25, 0.3) is 0 Å². The quantitative estimate of drug-likeness (QED) is 0.872. The van der Waals surface area contributed by atoms with E-state index in [1.54, 1.807) is 0 Å². The van der Waals surface area contributed by atoms with E-state index in [-0.39, 0.29) is 12.5 Å². The fourth-order valence-corrected chi connectivity index (χ4v) is 2.93. The van der Waals surface area contributed by atoms with Gasteiger partial charge in [0, 0.05) is 24.5 Å². The summed E-state index contributed by atoms with van der Waals surface area (Å²) >= 11 is 0. The van der Waals surface area contributed by atoms with Gasteiger partial charge in [0.05, 0.1) is 0 Å². The van der Waals surface area contributed by atoms with Crippen molar-refractivity contribution in [3.05, 3.63) is 24.3 Å². The molecule has 0 heterocycles. The lowest BCUT2D eigenvalue weighted by Gasteiger charge is -2.33. The normalized spacial score (nSPS) is 25.4. The minimum absolute atomic E-state index is 0.0791. The first-order valence-electron chi connectivity index (χ1n) is 7.74. The van der Waals surface area contributed by atoms with E-state index in [1.165, 1.54) is 26.4 Å². The molecule has 21 heavy (non-hydrogen) atoms. The average molecular weight is 290 g/mol. The van der Waals surface area contributed by atoms with Crippen LogP contribution in [0.4, 0.5) is 11.4 Å². The van der Waals surface area contributed by atoms with Gasteiger partial charge in [0.2, 0.25) is 5.91 Å². The average Bonchev–Trinajstić information content (AvgIpc) is 2.43. The van der Waals surface area contributed by atoms with Crippen molar-refractivity contribution >= 4 is 17.3 Å². The highest BCUT2D eigenvalue weighted by Gasteiger charge is 2.24. The third kappa shape index (κ3) is 4.74. The highest BCUT2D eigenvalue weighted by molar-refractivity contribution is 5.92. The van der Waals surface area contributed by atoms with Gasteiger partial charge in [-0.1, -0.05) is 19.9 Å². The highest BCUT2D eigenvalue weighted by atomic mass is 16.5. The first kappa shape index (κ1) is 15.8. The van der Waals surface area contributed by atoms with Crippen molar-refractivity contribution in [2.75, 3.05) is 24.4 Å². The Hall–Kier alpha value is -1.55. The minimum Gasteiger partial charge on any atom is -0.382 e. The summed E-state index contributed by atoms with van der Waals surface area (Å²) in [6, 6.07) is 8.41. The van der Waals surface area contributed by atoms with Crippen LogP contribution in [0.3, 0.4) is 0 Å². The van der Waals surface area contributed by atoms with E-state index in [0.29, 0.717) is 6.04 Å². The summed E-state index contributed by atoms with van der Waals surface area (Å²) in [6.45, 7) is 4.75. The number of benzene rings is 1. The minimum atomic E-state index is -0.130. The summed E-state index contributed by atoms with van der Waals surface area (Å²) in [7, 11) is 1.52. The number of nitrogens with one attached hydrogen (secondary N) is 2. The maximum Gasteiger partial charge on any atom is 0.250 e. The van der Waals surface area contributed by atoms with Gasteiger partial charge >= 0.3 is 0 Å². The Morgan fingerprint density at radius 2 is 2.00 bits per heavy atom. The standard InChI is InChI=1S/C17H26N2O2/c1-12-7-8-16(9-13(12)2)18-14-5-4-6-15(10-14)19-17(20)11-21-3/h4-6,10,12-13,16,18H,7-9,11H2,1-3H3,(H,19,20). The van der Waals surface area contributed by atoms with Crippen LogP contribution in [0.2, 0.25) is 0 Å². The smallest absolute Gasteiger partial charge is 0.250 e. The molecule has 116 valence electrons. The largest absolute Gasteiger partial charge is 0.382 e. The molecule has 2 N–H and O–H groups in total. The van der Waals surface area contributed by atoms with Crippen molar-refractivity contribution in [1.82, 2.24) is 0 Å². The summed E-state index contributed by atoms with van der Waals surface area (Å²) in [5, 5.41) is 6.43. The first-order valence-corrected chi connectivity index (χ1v) is 7.74. The van der Waals surface area contributed by atoms with Crippen molar-refractivity contribution in [3.63, 3.8) is 0 Å². The highest BCUT2D eigenvalue weighted by Crippen LogP contribution is 2.31. The summed E-state index contributed by atoms with van der Waals surface area (Å²) in [4.78, 5) is 11.5. The molecule has 3 unspecified atom stereocenters. The Morgan fingerprint density at radius 3 is 2.71 bits per heavy atom. The van der Waals surface area contributed by atoms with Crippen molar-refractivity contribution in [2.45, 2.75) is 39.2 Å². The lowest BCUT2D eigenvalue weighted by atomic mass is 9.79. The molecule has 4 nitrogen and oxygen atoms in total. The van der Waals surface area contributed by atoms with Gasteiger partial charge in [-0.3, -0.25) is 4.79 Å². The predicted octanol–water partition coefficient (Wildman–Crippen LogP) is 3.51. The van der Waals surface area contributed by atoms with Gasteiger partial charge < -0.3 is 15.4 Å². The molecule has 0 bridgehead atoms. The second kappa shape index (κ2) is 7.46. The Morgan fingerprint density at radius 1 is 1.24 bits per heavy atom. The van der Waals surface area contributed by atoms with E-state index in [2.05, 4.69) is 30.5 Å². The monoisotopic (exact) mass is 290 g/mol. The molecule has 1 aromatic rings. The third-order valence-corrected chi connectivity index (χ3v) is 4.39. The number of ether oxygens (including phenoxy) is 1. The van der Waals surface area contributed by atoms with Gasteiger partial charge in [-0.25, -0.2) is 0 Å². The molecule has 1 aromatic carbocycles. The lowest BCUT2D eigenvalue weighted by Crippen LogP contribution is -2.30. The molecule has 0 saturated heterocycles. The molecule has 0 aliphatic heterocycles. The molecule has 2 rings (SSSR count). The second-order valence-electron chi connectivity index (χ2n) is 6.17. The Kier molecular flexibility index (Phi) is 5.62. The first-order chi connectivity index (χ1) is 10.1. The van der Waals surface area contributed by atoms with Crippen LogP contribution in [0.1, 0.15) is 33.1 Å². The number of carbonyl (C=O) groups excluding carboxylic acids is 1. The molecule has 1 fully saturated rings. The van der Waals surface area contributed by atoms with Crippen LogP contribution in [-0.2, 0) is 9.53 Å². The van der Waals surface area contributed by atoms with Crippen molar-refractivity contribution in [1.29, 1.82) is 0 Å². The molecule has 1 amide bonds. The van der Waals surface area contributed by atoms with Gasteiger partial charge in [-0.15, -0.1) is 0 Å². The molecule has 3 atom stereocenters. The van der Waals surface area contributed by atoms with Gasteiger partial charge in [-0.2, -0.15) is 0 Å². The van der Waals surface area contributed by atoms with Crippen LogP contribution in [0.15, 0.2) is 24.3 Å². The molecule has 0 radical (unpaired) electrons. The van der Waals surface area contributed by atoms with Crippen molar-refractivity contribution in [2.24, 2.45) is 11.8 Å². The van der Waals surface area contributed by atoms with Crippen LogP contribution >= 0.6 is 0 Å². The van der Waals surface area contributed by atoms with Crippen molar-refractivity contribution in [3.8, 4) is 0 Å². The molecule has 0 spiro atoms. The summed E-state index contributed by atoms with van der Waals surface area (Å²) < 4.78 is 4.82. The molecule has 1 aliphatic carbocycles. The molecule has 4 heteroatoms.